The molecule has 0 aromatic heterocycles. The summed E-state index contributed by atoms with van der Waals surface area (Å²) in [5, 5.41) is 0. The number of hydrogen-bond acceptors (Lipinski definition) is 1. The lowest BCUT2D eigenvalue weighted by Crippen LogP contribution is -2.35. The molecular weight excluding hydrogens is 194 g/mol. The van der Waals surface area contributed by atoms with Gasteiger partial charge in [0.05, 0.1) is 0 Å². The number of hydrogen-bond donors (Lipinski definition) is 1. The maximum atomic E-state index is 6.36. The van der Waals surface area contributed by atoms with Gasteiger partial charge in [0.25, 0.3) is 0 Å². The average Bonchev–Trinajstić information content (AvgIpc) is 3.10. The van der Waals surface area contributed by atoms with Crippen molar-refractivity contribution in [3.8, 4) is 0 Å². The van der Waals surface area contributed by atoms with Crippen LogP contribution in [0.5, 0.6) is 0 Å². The molecule has 2 saturated carbocycles. The minimum atomic E-state index is 0.230. The summed E-state index contributed by atoms with van der Waals surface area (Å²) in [5.41, 5.74) is 8.12. The highest BCUT2D eigenvalue weighted by atomic mass is 14.8. The van der Waals surface area contributed by atoms with Crippen molar-refractivity contribution >= 4 is 0 Å². The van der Waals surface area contributed by atoms with Crippen molar-refractivity contribution in [2.75, 3.05) is 0 Å². The minimum absolute atomic E-state index is 0.230. The van der Waals surface area contributed by atoms with Crippen LogP contribution in [-0.4, -0.2) is 5.54 Å². The molecule has 2 aliphatic rings. The topological polar surface area (TPSA) is 26.0 Å². The SMILES string of the molecule is NC1(C2CCCC(c3ccccc3)C2)CC1. The second-order valence-electron chi connectivity index (χ2n) is 5.70. The van der Waals surface area contributed by atoms with Crippen molar-refractivity contribution in [3.05, 3.63) is 35.9 Å². The molecule has 86 valence electrons. The summed E-state index contributed by atoms with van der Waals surface area (Å²) in [6, 6.07) is 11.0. The molecule has 1 nitrogen and oxygen atoms in total. The fourth-order valence-electron chi connectivity index (χ4n) is 3.29. The van der Waals surface area contributed by atoms with Gasteiger partial charge in [-0.15, -0.1) is 0 Å². The van der Waals surface area contributed by atoms with E-state index in [0.717, 1.165) is 11.8 Å². The van der Waals surface area contributed by atoms with Crippen LogP contribution in [0.15, 0.2) is 30.3 Å². The van der Waals surface area contributed by atoms with E-state index >= 15 is 0 Å². The maximum absolute atomic E-state index is 6.36. The van der Waals surface area contributed by atoms with Crippen molar-refractivity contribution in [1.82, 2.24) is 0 Å². The van der Waals surface area contributed by atoms with E-state index in [0.29, 0.717) is 0 Å². The van der Waals surface area contributed by atoms with Crippen molar-refractivity contribution in [3.63, 3.8) is 0 Å². The normalized spacial score (nSPS) is 32.3. The average molecular weight is 215 g/mol. The Morgan fingerprint density at radius 3 is 2.50 bits per heavy atom. The van der Waals surface area contributed by atoms with Gasteiger partial charge in [-0.1, -0.05) is 36.8 Å². The summed E-state index contributed by atoms with van der Waals surface area (Å²) in [6.07, 6.45) is 7.93. The van der Waals surface area contributed by atoms with Gasteiger partial charge in [-0.2, -0.15) is 0 Å². The second kappa shape index (κ2) is 3.89. The predicted octanol–water partition coefficient (Wildman–Crippen LogP) is 3.45. The van der Waals surface area contributed by atoms with Crippen molar-refractivity contribution in [2.24, 2.45) is 11.7 Å². The molecule has 1 aromatic carbocycles. The van der Waals surface area contributed by atoms with Crippen LogP contribution in [0.3, 0.4) is 0 Å². The van der Waals surface area contributed by atoms with Crippen molar-refractivity contribution < 1.29 is 0 Å². The monoisotopic (exact) mass is 215 g/mol. The third kappa shape index (κ3) is 1.89. The van der Waals surface area contributed by atoms with Crippen LogP contribution in [-0.2, 0) is 0 Å². The summed E-state index contributed by atoms with van der Waals surface area (Å²) < 4.78 is 0. The number of benzene rings is 1. The van der Waals surface area contributed by atoms with Gasteiger partial charge < -0.3 is 5.73 Å². The van der Waals surface area contributed by atoms with Gasteiger partial charge in [0, 0.05) is 5.54 Å². The summed E-state index contributed by atoms with van der Waals surface area (Å²) >= 11 is 0. The molecule has 0 bridgehead atoms. The van der Waals surface area contributed by atoms with Gasteiger partial charge in [0.15, 0.2) is 0 Å². The quantitative estimate of drug-likeness (QED) is 0.803. The molecule has 2 unspecified atom stereocenters. The van der Waals surface area contributed by atoms with E-state index in [2.05, 4.69) is 30.3 Å². The van der Waals surface area contributed by atoms with E-state index in [-0.39, 0.29) is 5.54 Å². The van der Waals surface area contributed by atoms with Crippen LogP contribution in [0.1, 0.15) is 50.0 Å². The Bertz CT molecular complexity index is 353. The van der Waals surface area contributed by atoms with Crippen LogP contribution < -0.4 is 5.73 Å². The molecule has 0 saturated heterocycles. The lowest BCUT2D eigenvalue weighted by Gasteiger charge is -2.33. The zero-order valence-corrected chi connectivity index (χ0v) is 9.86. The highest BCUT2D eigenvalue weighted by molar-refractivity contribution is 5.21. The standard InChI is InChI=1S/C15H21N/c16-15(9-10-15)14-8-4-7-13(11-14)12-5-2-1-3-6-12/h1-3,5-6,13-14H,4,7-11,16H2. The predicted molar refractivity (Wildman–Crippen MR) is 67.3 cm³/mol. The Kier molecular flexibility index (Phi) is 2.51. The van der Waals surface area contributed by atoms with Crippen LogP contribution >= 0.6 is 0 Å². The molecular formula is C15H21N. The van der Waals surface area contributed by atoms with Gasteiger partial charge in [-0.25, -0.2) is 0 Å². The maximum Gasteiger partial charge on any atom is 0.0184 e. The zero-order valence-electron chi connectivity index (χ0n) is 9.86. The molecule has 0 spiro atoms. The lowest BCUT2D eigenvalue weighted by atomic mass is 9.74. The Morgan fingerprint density at radius 2 is 1.81 bits per heavy atom. The van der Waals surface area contributed by atoms with Crippen molar-refractivity contribution in [2.45, 2.75) is 50.0 Å². The lowest BCUT2D eigenvalue weighted by molar-refractivity contribution is 0.265. The van der Waals surface area contributed by atoms with Gasteiger partial charge in [0.1, 0.15) is 0 Å². The summed E-state index contributed by atoms with van der Waals surface area (Å²) in [6.45, 7) is 0. The largest absolute Gasteiger partial charge is 0.325 e. The van der Waals surface area contributed by atoms with E-state index in [1.165, 1.54) is 44.1 Å². The molecule has 16 heavy (non-hydrogen) atoms. The van der Waals surface area contributed by atoms with E-state index in [1.807, 2.05) is 0 Å². The van der Waals surface area contributed by atoms with Gasteiger partial charge >= 0.3 is 0 Å². The first kappa shape index (κ1) is 10.3. The van der Waals surface area contributed by atoms with Crippen LogP contribution in [0.4, 0.5) is 0 Å². The fraction of sp³-hybridized carbons (Fsp3) is 0.600. The highest BCUT2D eigenvalue weighted by Crippen LogP contribution is 2.49. The van der Waals surface area contributed by atoms with Crippen LogP contribution in [0.25, 0.3) is 0 Å². The van der Waals surface area contributed by atoms with E-state index in [1.54, 1.807) is 0 Å². The summed E-state index contributed by atoms with van der Waals surface area (Å²) in [7, 11) is 0. The van der Waals surface area contributed by atoms with E-state index in [4.69, 9.17) is 5.73 Å². The fourth-order valence-corrected chi connectivity index (χ4v) is 3.29. The molecule has 0 amide bonds. The summed E-state index contributed by atoms with van der Waals surface area (Å²) in [5.74, 6) is 1.55. The minimum Gasteiger partial charge on any atom is -0.325 e. The Balaban J connectivity index is 1.73. The van der Waals surface area contributed by atoms with E-state index in [9.17, 15) is 0 Å². The first-order valence-corrected chi connectivity index (χ1v) is 6.62. The molecule has 1 heteroatoms. The number of rotatable bonds is 2. The van der Waals surface area contributed by atoms with E-state index < -0.39 is 0 Å². The molecule has 3 rings (SSSR count). The Labute approximate surface area is 98.0 Å². The molecule has 0 aliphatic heterocycles. The first-order chi connectivity index (χ1) is 7.78. The molecule has 2 N–H and O–H groups in total. The molecule has 2 aliphatic carbocycles. The molecule has 0 radical (unpaired) electrons. The second-order valence-corrected chi connectivity index (χ2v) is 5.70. The first-order valence-electron chi connectivity index (χ1n) is 6.62. The molecule has 1 aromatic rings. The third-order valence-corrected chi connectivity index (χ3v) is 4.59. The number of nitrogens with two attached hydrogens (primary N) is 1. The molecule has 2 fully saturated rings. The Morgan fingerprint density at radius 1 is 1.06 bits per heavy atom. The Hall–Kier alpha value is -0.820. The van der Waals surface area contributed by atoms with Crippen LogP contribution in [0.2, 0.25) is 0 Å². The van der Waals surface area contributed by atoms with Crippen molar-refractivity contribution in [1.29, 1.82) is 0 Å². The molecule has 2 atom stereocenters. The van der Waals surface area contributed by atoms with Crippen LogP contribution in [0, 0.1) is 5.92 Å². The third-order valence-electron chi connectivity index (χ3n) is 4.59. The van der Waals surface area contributed by atoms with Gasteiger partial charge in [-0.05, 0) is 49.5 Å². The zero-order chi connectivity index (χ0) is 11.0. The van der Waals surface area contributed by atoms with Gasteiger partial charge in [0.2, 0.25) is 0 Å². The molecule has 0 heterocycles. The smallest absolute Gasteiger partial charge is 0.0184 e. The summed E-state index contributed by atoms with van der Waals surface area (Å²) in [4.78, 5) is 0. The van der Waals surface area contributed by atoms with Gasteiger partial charge in [-0.3, -0.25) is 0 Å². The highest BCUT2D eigenvalue weighted by Gasteiger charge is 2.46.